The zero-order valence-corrected chi connectivity index (χ0v) is 17.7. The number of nitrogens with one attached hydrogen (secondary N) is 1. The molecular weight excluding hydrogens is 398 g/mol. The van der Waals surface area contributed by atoms with E-state index in [-0.39, 0.29) is 4.90 Å². The van der Waals surface area contributed by atoms with Gasteiger partial charge in [0.2, 0.25) is 10.0 Å². The minimum Gasteiger partial charge on any atom is -0.378 e. The zero-order chi connectivity index (χ0) is 20.0. The molecule has 1 N–H and O–H groups in total. The van der Waals surface area contributed by atoms with E-state index in [9.17, 15) is 8.42 Å². The highest BCUT2D eigenvalue weighted by Crippen LogP contribution is 2.25. The Morgan fingerprint density at radius 1 is 1.25 bits per heavy atom. The normalized spacial score (nSPS) is 15.5. The maximum Gasteiger partial charge on any atom is 0.244 e. The minimum atomic E-state index is -3.50. The fourth-order valence-electron chi connectivity index (χ4n) is 2.84. The molecule has 1 aliphatic rings. The number of thiophene rings is 1. The van der Waals surface area contributed by atoms with Crippen LogP contribution in [0.4, 0.5) is 10.8 Å². The van der Waals surface area contributed by atoms with Gasteiger partial charge in [0.1, 0.15) is 10.7 Å². The summed E-state index contributed by atoms with van der Waals surface area (Å²) in [6, 6.07) is 7.26. The van der Waals surface area contributed by atoms with Crippen molar-refractivity contribution < 1.29 is 13.2 Å². The smallest absolute Gasteiger partial charge is 0.244 e. The first kappa shape index (κ1) is 20.7. The first-order valence-corrected chi connectivity index (χ1v) is 11.5. The first-order chi connectivity index (χ1) is 13.5. The summed E-state index contributed by atoms with van der Waals surface area (Å²) < 4.78 is 31.7. The summed E-state index contributed by atoms with van der Waals surface area (Å²) in [7, 11) is -3.50. The van der Waals surface area contributed by atoms with Crippen LogP contribution in [0.1, 0.15) is 18.7 Å². The van der Waals surface area contributed by atoms with Crippen LogP contribution in [0.25, 0.3) is 0 Å². The third kappa shape index (κ3) is 4.88. The number of hydrogen-bond acceptors (Lipinski definition) is 8. The molecule has 0 saturated carbocycles. The molecule has 0 radical (unpaired) electrons. The molecule has 8 nitrogen and oxygen atoms in total. The van der Waals surface area contributed by atoms with Gasteiger partial charge in [-0.15, -0.1) is 11.3 Å². The van der Waals surface area contributed by atoms with Crippen LogP contribution in [-0.2, 0) is 14.8 Å². The molecule has 0 unspecified atom stereocenters. The molecule has 3 rings (SSSR count). The summed E-state index contributed by atoms with van der Waals surface area (Å²) >= 11 is 1.66. The number of ether oxygens (including phenoxy) is 1. The van der Waals surface area contributed by atoms with Gasteiger partial charge in [-0.05, 0) is 24.3 Å². The van der Waals surface area contributed by atoms with Crippen molar-refractivity contribution in [2.75, 3.05) is 49.7 Å². The van der Waals surface area contributed by atoms with Crippen LogP contribution < -0.4 is 10.3 Å². The lowest BCUT2D eigenvalue weighted by molar-refractivity contribution is 0.123. The second kappa shape index (κ2) is 9.46. The number of hydrazone groups is 1. The molecule has 0 aromatic carbocycles. The molecule has 3 heterocycles. The highest BCUT2D eigenvalue weighted by Gasteiger charge is 2.21. The molecule has 1 saturated heterocycles. The topological polar surface area (TPSA) is 87.1 Å². The van der Waals surface area contributed by atoms with Gasteiger partial charge in [0.25, 0.3) is 0 Å². The lowest BCUT2D eigenvalue weighted by atomic mass is 10.4. The Labute approximate surface area is 169 Å². The van der Waals surface area contributed by atoms with Gasteiger partial charge in [-0.25, -0.2) is 13.4 Å². The van der Waals surface area contributed by atoms with Crippen molar-refractivity contribution in [3.05, 3.63) is 35.3 Å². The van der Waals surface area contributed by atoms with E-state index in [0.29, 0.717) is 18.9 Å². The number of nitrogens with zero attached hydrogens (tertiary/aromatic N) is 4. The second-order valence-electron chi connectivity index (χ2n) is 6.11. The lowest BCUT2D eigenvalue weighted by Crippen LogP contribution is -2.35. The molecule has 0 atom stereocenters. The standard InChI is InChI=1S/C18H25N5O3S2/c1-3-23(4-2)28(24,25)16-6-7-17(19-14-16)21-20-13-15-5-8-18(27-15)22-9-11-26-12-10-22/h5-8,13-14H,3-4,9-12H2,1-2H3,(H,19,21)/b20-13-. The molecule has 10 heteroatoms. The van der Waals surface area contributed by atoms with E-state index in [2.05, 4.69) is 26.5 Å². The Morgan fingerprint density at radius 2 is 2.00 bits per heavy atom. The van der Waals surface area contributed by atoms with Crippen molar-refractivity contribution in [1.82, 2.24) is 9.29 Å². The molecule has 0 aliphatic carbocycles. The van der Waals surface area contributed by atoms with E-state index >= 15 is 0 Å². The molecular formula is C18H25N5O3S2. The van der Waals surface area contributed by atoms with E-state index in [1.54, 1.807) is 29.7 Å². The molecule has 28 heavy (non-hydrogen) atoms. The fraction of sp³-hybridized carbons (Fsp3) is 0.444. The van der Waals surface area contributed by atoms with Crippen LogP contribution in [-0.4, -0.2) is 63.3 Å². The van der Waals surface area contributed by atoms with E-state index in [4.69, 9.17) is 4.74 Å². The Balaban J connectivity index is 1.60. The summed E-state index contributed by atoms with van der Waals surface area (Å²) in [5.74, 6) is 0.486. The van der Waals surface area contributed by atoms with E-state index in [1.165, 1.54) is 15.5 Å². The van der Waals surface area contributed by atoms with Crippen molar-refractivity contribution in [2.45, 2.75) is 18.7 Å². The summed E-state index contributed by atoms with van der Waals surface area (Å²) in [6.45, 7) is 7.81. The number of sulfonamides is 1. The van der Waals surface area contributed by atoms with Crippen molar-refractivity contribution in [3.8, 4) is 0 Å². The number of morpholine rings is 1. The SMILES string of the molecule is CCN(CC)S(=O)(=O)c1ccc(N/N=C\c2ccc(N3CCOCC3)s2)nc1. The number of rotatable bonds is 8. The molecule has 2 aromatic heterocycles. The molecule has 0 bridgehead atoms. The van der Waals surface area contributed by atoms with Gasteiger partial charge in [-0.2, -0.15) is 9.41 Å². The summed E-state index contributed by atoms with van der Waals surface area (Å²) in [6.07, 6.45) is 3.09. The molecule has 152 valence electrons. The number of hydrogen-bond donors (Lipinski definition) is 1. The van der Waals surface area contributed by atoms with Crippen LogP contribution in [0.3, 0.4) is 0 Å². The summed E-state index contributed by atoms with van der Waals surface area (Å²) in [5, 5.41) is 5.40. The van der Waals surface area contributed by atoms with Crippen LogP contribution in [0.5, 0.6) is 0 Å². The number of aromatic nitrogens is 1. The predicted molar refractivity (Wildman–Crippen MR) is 113 cm³/mol. The average Bonchev–Trinajstić information content (AvgIpc) is 3.19. The van der Waals surface area contributed by atoms with Gasteiger partial charge in [-0.3, -0.25) is 5.43 Å². The quantitative estimate of drug-likeness (QED) is 0.518. The highest BCUT2D eigenvalue weighted by molar-refractivity contribution is 7.89. The number of anilines is 2. The van der Waals surface area contributed by atoms with Crippen LogP contribution in [0, 0.1) is 0 Å². The highest BCUT2D eigenvalue weighted by atomic mass is 32.2. The molecule has 0 spiro atoms. The van der Waals surface area contributed by atoms with E-state index in [0.717, 1.165) is 31.2 Å². The Bertz CT molecular complexity index is 886. The van der Waals surface area contributed by atoms with Crippen LogP contribution >= 0.6 is 11.3 Å². The molecule has 1 fully saturated rings. The van der Waals surface area contributed by atoms with Gasteiger partial charge in [0, 0.05) is 37.3 Å². The van der Waals surface area contributed by atoms with E-state index in [1.807, 2.05) is 19.9 Å². The Kier molecular flexibility index (Phi) is 7.00. The Hall–Kier alpha value is -2.01. The molecule has 0 amide bonds. The molecule has 1 aliphatic heterocycles. The summed E-state index contributed by atoms with van der Waals surface area (Å²) in [4.78, 5) is 7.66. The van der Waals surface area contributed by atoms with Gasteiger partial charge in [0.15, 0.2) is 0 Å². The van der Waals surface area contributed by atoms with Gasteiger partial charge in [-0.1, -0.05) is 13.8 Å². The average molecular weight is 424 g/mol. The van der Waals surface area contributed by atoms with Crippen molar-refractivity contribution in [2.24, 2.45) is 5.10 Å². The van der Waals surface area contributed by atoms with Crippen molar-refractivity contribution >= 4 is 38.4 Å². The Morgan fingerprint density at radius 3 is 2.64 bits per heavy atom. The van der Waals surface area contributed by atoms with Gasteiger partial charge >= 0.3 is 0 Å². The largest absolute Gasteiger partial charge is 0.378 e. The maximum atomic E-state index is 12.5. The summed E-state index contributed by atoms with van der Waals surface area (Å²) in [5.41, 5.74) is 2.84. The lowest BCUT2D eigenvalue weighted by Gasteiger charge is -2.27. The second-order valence-corrected chi connectivity index (χ2v) is 9.15. The first-order valence-electron chi connectivity index (χ1n) is 9.22. The minimum absolute atomic E-state index is 0.180. The zero-order valence-electron chi connectivity index (χ0n) is 16.0. The monoisotopic (exact) mass is 423 g/mol. The van der Waals surface area contributed by atoms with Gasteiger partial charge in [0.05, 0.1) is 24.4 Å². The molecule has 2 aromatic rings. The van der Waals surface area contributed by atoms with E-state index < -0.39 is 10.0 Å². The van der Waals surface area contributed by atoms with Crippen LogP contribution in [0.2, 0.25) is 0 Å². The third-order valence-electron chi connectivity index (χ3n) is 4.39. The van der Waals surface area contributed by atoms with Crippen LogP contribution in [0.15, 0.2) is 40.5 Å². The predicted octanol–water partition coefficient (Wildman–Crippen LogP) is 2.46. The fourth-order valence-corrected chi connectivity index (χ4v) is 5.17. The van der Waals surface area contributed by atoms with Crippen molar-refractivity contribution in [1.29, 1.82) is 0 Å². The third-order valence-corrected chi connectivity index (χ3v) is 7.50. The maximum absolute atomic E-state index is 12.5. The van der Waals surface area contributed by atoms with Gasteiger partial charge < -0.3 is 9.64 Å². The van der Waals surface area contributed by atoms with Crippen molar-refractivity contribution in [3.63, 3.8) is 0 Å². The number of pyridine rings is 1.